The second-order valence-electron chi connectivity index (χ2n) is 6.43. The Hall–Kier alpha value is -2.53. The van der Waals surface area contributed by atoms with Crippen molar-refractivity contribution in [1.82, 2.24) is 10.6 Å². The molecule has 0 aliphatic heterocycles. The van der Waals surface area contributed by atoms with Crippen LogP contribution in [-0.4, -0.2) is 24.5 Å². The van der Waals surface area contributed by atoms with Crippen LogP contribution in [-0.2, 0) is 11.3 Å². The lowest BCUT2D eigenvalue weighted by Crippen LogP contribution is -2.49. The Kier molecular flexibility index (Phi) is 7.67. The predicted molar refractivity (Wildman–Crippen MR) is 107 cm³/mol. The Balaban J connectivity index is 2.07. The summed E-state index contributed by atoms with van der Waals surface area (Å²) >= 11 is 6.13. The fourth-order valence-electron chi connectivity index (χ4n) is 2.62. The molecule has 0 aliphatic carbocycles. The van der Waals surface area contributed by atoms with E-state index in [9.17, 15) is 9.59 Å². The van der Waals surface area contributed by atoms with Gasteiger partial charge in [0.25, 0.3) is 5.91 Å². The SMILES string of the molecule is CCOc1ccccc1C(=O)N[C@@H](C(=O)NCc1ccccc1Cl)C(C)C. The first-order chi connectivity index (χ1) is 12.9. The second kappa shape index (κ2) is 9.97. The monoisotopic (exact) mass is 388 g/mol. The van der Waals surface area contributed by atoms with E-state index in [4.69, 9.17) is 16.3 Å². The highest BCUT2D eigenvalue weighted by molar-refractivity contribution is 6.31. The first-order valence-corrected chi connectivity index (χ1v) is 9.35. The summed E-state index contributed by atoms with van der Waals surface area (Å²) < 4.78 is 5.50. The molecule has 1 atom stereocenters. The zero-order valence-corrected chi connectivity index (χ0v) is 16.5. The summed E-state index contributed by atoms with van der Waals surface area (Å²) in [7, 11) is 0. The van der Waals surface area contributed by atoms with Gasteiger partial charge in [-0.1, -0.05) is 55.8 Å². The number of carbonyl (C=O) groups excluding carboxylic acids is 2. The molecule has 0 fully saturated rings. The van der Waals surface area contributed by atoms with Gasteiger partial charge in [0.1, 0.15) is 11.8 Å². The molecule has 2 rings (SSSR count). The number of hydrogen-bond donors (Lipinski definition) is 2. The average molecular weight is 389 g/mol. The summed E-state index contributed by atoms with van der Waals surface area (Å²) in [6, 6.07) is 13.6. The molecule has 0 spiro atoms. The van der Waals surface area contributed by atoms with Crippen molar-refractivity contribution in [3.8, 4) is 5.75 Å². The molecule has 27 heavy (non-hydrogen) atoms. The van der Waals surface area contributed by atoms with Crippen LogP contribution in [0.2, 0.25) is 5.02 Å². The minimum atomic E-state index is -0.672. The highest BCUT2D eigenvalue weighted by atomic mass is 35.5. The van der Waals surface area contributed by atoms with E-state index in [1.165, 1.54) is 0 Å². The quantitative estimate of drug-likeness (QED) is 0.722. The minimum absolute atomic E-state index is 0.0838. The number of nitrogens with one attached hydrogen (secondary N) is 2. The van der Waals surface area contributed by atoms with Crippen LogP contribution in [0.5, 0.6) is 5.75 Å². The topological polar surface area (TPSA) is 67.4 Å². The Labute approximate surface area is 165 Å². The molecule has 6 heteroatoms. The van der Waals surface area contributed by atoms with Gasteiger partial charge < -0.3 is 15.4 Å². The molecule has 0 aromatic heterocycles. The van der Waals surface area contributed by atoms with Crippen molar-refractivity contribution in [2.75, 3.05) is 6.61 Å². The first kappa shape index (κ1) is 20.8. The molecule has 2 amide bonds. The maximum absolute atomic E-state index is 12.7. The standard InChI is InChI=1S/C21H25ClN2O3/c1-4-27-18-12-8-6-10-16(18)20(25)24-19(14(2)3)21(26)23-13-15-9-5-7-11-17(15)22/h5-12,14,19H,4,13H2,1-3H3,(H,23,26)(H,24,25)/t19-/m1/s1. The van der Waals surface area contributed by atoms with Crippen molar-refractivity contribution in [1.29, 1.82) is 0 Å². The number of amides is 2. The number of halogens is 1. The Morgan fingerprint density at radius 1 is 1.07 bits per heavy atom. The van der Waals surface area contributed by atoms with E-state index < -0.39 is 6.04 Å². The van der Waals surface area contributed by atoms with E-state index in [0.717, 1.165) is 5.56 Å². The van der Waals surface area contributed by atoms with Crippen molar-refractivity contribution < 1.29 is 14.3 Å². The smallest absolute Gasteiger partial charge is 0.255 e. The molecular weight excluding hydrogens is 364 g/mol. The summed E-state index contributed by atoms with van der Waals surface area (Å²) in [5, 5.41) is 6.26. The van der Waals surface area contributed by atoms with Crippen LogP contribution in [0.25, 0.3) is 0 Å². The van der Waals surface area contributed by atoms with E-state index in [0.29, 0.717) is 29.5 Å². The fourth-order valence-corrected chi connectivity index (χ4v) is 2.83. The van der Waals surface area contributed by atoms with Crippen LogP contribution in [0.4, 0.5) is 0 Å². The molecule has 0 unspecified atom stereocenters. The van der Waals surface area contributed by atoms with Gasteiger partial charge in [0.05, 0.1) is 12.2 Å². The summed E-state index contributed by atoms with van der Waals surface area (Å²) in [4.78, 5) is 25.3. The molecule has 0 saturated heterocycles. The largest absolute Gasteiger partial charge is 0.493 e. The highest BCUT2D eigenvalue weighted by Crippen LogP contribution is 2.19. The van der Waals surface area contributed by atoms with Gasteiger partial charge in [0.15, 0.2) is 0 Å². The number of carbonyl (C=O) groups is 2. The van der Waals surface area contributed by atoms with Gasteiger partial charge >= 0.3 is 0 Å². The molecular formula is C21H25ClN2O3. The van der Waals surface area contributed by atoms with Gasteiger partial charge in [0.2, 0.25) is 5.91 Å². The highest BCUT2D eigenvalue weighted by Gasteiger charge is 2.25. The number of ether oxygens (including phenoxy) is 1. The lowest BCUT2D eigenvalue weighted by molar-refractivity contribution is -0.124. The van der Waals surface area contributed by atoms with Gasteiger partial charge in [0, 0.05) is 11.6 Å². The molecule has 2 N–H and O–H groups in total. The third-order valence-corrected chi connectivity index (χ3v) is 4.45. The number of para-hydroxylation sites is 1. The summed E-state index contributed by atoms with van der Waals surface area (Å²) in [6.07, 6.45) is 0. The van der Waals surface area contributed by atoms with E-state index in [-0.39, 0.29) is 17.7 Å². The van der Waals surface area contributed by atoms with Gasteiger partial charge in [-0.15, -0.1) is 0 Å². The van der Waals surface area contributed by atoms with E-state index >= 15 is 0 Å². The van der Waals surface area contributed by atoms with Crippen LogP contribution in [0.1, 0.15) is 36.7 Å². The number of benzene rings is 2. The predicted octanol–water partition coefficient (Wildman–Crippen LogP) is 3.81. The van der Waals surface area contributed by atoms with Crippen LogP contribution in [0.15, 0.2) is 48.5 Å². The fraction of sp³-hybridized carbons (Fsp3) is 0.333. The van der Waals surface area contributed by atoms with Crippen LogP contribution in [0, 0.1) is 5.92 Å². The molecule has 5 nitrogen and oxygen atoms in total. The molecule has 0 bridgehead atoms. The average Bonchev–Trinajstić information content (AvgIpc) is 2.65. The number of rotatable bonds is 8. The van der Waals surface area contributed by atoms with Crippen molar-refractivity contribution >= 4 is 23.4 Å². The van der Waals surface area contributed by atoms with Crippen LogP contribution < -0.4 is 15.4 Å². The summed E-state index contributed by atoms with van der Waals surface area (Å²) in [6.45, 7) is 6.38. The van der Waals surface area contributed by atoms with Gasteiger partial charge in [-0.3, -0.25) is 9.59 Å². The lowest BCUT2D eigenvalue weighted by atomic mass is 10.0. The molecule has 2 aromatic rings. The van der Waals surface area contributed by atoms with Crippen molar-refractivity contribution in [3.63, 3.8) is 0 Å². The second-order valence-corrected chi connectivity index (χ2v) is 6.84. The van der Waals surface area contributed by atoms with Crippen molar-refractivity contribution in [2.24, 2.45) is 5.92 Å². The molecule has 0 saturated carbocycles. The zero-order valence-electron chi connectivity index (χ0n) is 15.8. The van der Waals surface area contributed by atoms with Gasteiger partial charge in [-0.2, -0.15) is 0 Å². The first-order valence-electron chi connectivity index (χ1n) is 8.97. The Bertz CT molecular complexity index is 793. The van der Waals surface area contributed by atoms with Crippen molar-refractivity contribution in [2.45, 2.75) is 33.4 Å². The Morgan fingerprint density at radius 2 is 1.74 bits per heavy atom. The zero-order chi connectivity index (χ0) is 19.8. The maximum atomic E-state index is 12.7. The molecule has 2 aromatic carbocycles. The van der Waals surface area contributed by atoms with Gasteiger partial charge in [-0.25, -0.2) is 0 Å². The molecule has 0 heterocycles. The minimum Gasteiger partial charge on any atom is -0.493 e. The maximum Gasteiger partial charge on any atom is 0.255 e. The molecule has 0 aliphatic rings. The summed E-state index contributed by atoms with van der Waals surface area (Å²) in [5.41, 5.74) is 1.23. The molecule has 144 valence electrons. The normalized spacial score (nSPS) is 11.7. The van der Waals surface area contributed by atoms with Gasteiger partial charge in [-0.05, 0) is 36.6 Å². The van der Waals surface area contributed by atoms with E-state index in [1.807, 2.05) is 39.0 Å². The van der Waals surface area contributed by atoms with Crippen molar-refractivity contribution in [3.05, 3.63) is 64.7 Å². The molecule has 0 radical (unpaired) electrons. The van der Waals surface area contributed by atoms with E-state index in [1.54, 1.807) is 30.3 Å². The van der Waals surface area contributed by atoms with E-state index in [2.05, 4.69) is 10.6 Å². The number of hydrogen-bond acceptors (Lipinski definition) is 3. The summed E-state index contributed by atoms with van der Waals surface area (Å²) in [5.74, 6) is -0.186. The third kappa shape index (κ3) is 5.73. The van der Waals surface area contributed by atoms with Crippen LogP contribution in [0.3, 0.4) is 0 Å². The Morgan fingerprint density at radius 3 is 2.41 bits per heavy atom. The lowest BCUT2D eigenvalue weighted by Gasteiger charge is -2.22. The third-order valence-electron chi connectivity index (χ3n) is 4.08. The van der Waals surface area contributed by atoms with Crippen LogP contribution >= 0.6 is 11.6 Å².